The van der Waals surface area contributed by atoms with Gasteiger partial charge in [-0.25, -0.2) is 4.98 Å². The molecule has 0 amide bonds. The maximum Gasteiger partial charge on any atom is 0.167 e. The lowest BCUT2D eigenvalue weighted by molar-refractivity contribution is 0.210. The highest BCUT2D eigenvalue weighted by atomic mass is 32.1. The van der Waals surface area contributed by atoms with Crippen LogP contribution in [0.15, 0.2) is 83.4 Å². The standard InChI is InChI=1S/C35H32N2O5S/c1-21-16-26(19-31(39-5)23(21)3)28-20-32(42-37-28)24-10-13-30(38-4)33(18-24)41-15-14-40-29-12-11-25(17-22(29)2)35-36-27-8-6-7-9-34(27)43-35/h6-13,16-20H,14-15H2,1-5H3. The Labute approximate surface area is 254 Å². The molecule has 7 nitrogen and oxygen atoms in total. The predicted molar refractivity (Wildman–Crippen MR) is 171 cm³/mol. The van der Waals surface area contributed by atoms with Crippen LogP contribution in [0.1, 0.15) is 16.7 Å². The summed E-state index contributed by atoms with van der Waals surface area (Å²) in [5.41, 5.74) is 7.85. The first-order valence-electron chi connectivity index (χ1n) is 14.0. The molecule has 0 aliphatic heterocycles. The van der Waals surface area contributed by atoms with E-state index in [0.717, 1.165) is 61.1 Å². The van der Waals surface area contributed by atoms with Crippen LogP contribution in [0, 0.1) is 20.8 Å². The number of rotatable bonds is 10. The van der Waals surface area contributed by atoms with Gasteiger partial charge in [-0.3, -0.25) is 0 Å². The summed E-state index contributed by atoms with van der Waals surface area (Å²) in [6, 6.07) is 26.0. The Bertz CT molecular complexity index is 1880. The van der Waals surface area contributed by atoms with Gasteiger partial charge in [0.15, 0.2) is 17.3 Å². The van der Waals surface area contributed by atoms with E-state index in [9.17, 15) is 0 Å². The van der Waals surface area contributed by atoms with E-state index >= 15 is 0 Å². The second kappa shape index (κ2) is 12.2. The van der Waals surface area contributed by atoms with Gasteiger partial charge in [0.25, 0.3) is 0 Å². The van der Waals surface area contributed by atoms with Crippen molar-refractivity contribution in [1.29, 1.82) is 0 Å². The third kappa shape index (κ3) is 5.92. The second-order valence-electron chi connectivity index (χ2n) is 10.2. The van der Waals surface area contributed by atoms with Crippen molar-refractivity contribution in [2.24, 2.45) is 0 Å². The smallest absolute Gasteiger partial charge is 0.167 e. The van der Waals surface area contributed by atoms with Gasteiger partial charge in [-0.15, -0.1) is 11.3 Å². The van der Waals surface area contributed by atoms with Crippen LogP contribution in [0.5, 0.6) is 23.0 Å². The van der Waals surface area contributed by atoms with Crippen molar-refractivity contribution in [3.8, 4) is 56.2 Å². The summed E-state index contributed by atoms with van der Waals surface area (Å²) in [6.45, 7) is 6.84. The van der Waals surface area contributed by atoms with Gasteiger partial charge >= 0.3 is 0 Å². The number of aryl methyl sites for hydroxylation is 2. The van der Waals surface area contributed by atoms with E-state index in [4.69, 9.17) is 28.5 Å². The van der Waals surface area contributed by atoms with Crippen LogP contribution in [-0.2, 0) is 0 Å². The first kappa shape index (κ1) is 28.3. The molecule has 0 aliphatic rings. The van der Waals surface area contributed by atoms with Gasteiger partial charge in [-0.2, -0.15) is 0 Å². The molecule has 2 aromatic heterocycles. The van der Waals surface area contributed by atoms with Crippen molar-refractivity contribution >= 4 is 21.6 Å². The lowest BCUT2D eigenvalue weighted by Gasteiger charge is -2.13. The van der Waals surface area contributed by atoms with Crippen molar-refractivity contribution in [3.05, 3.63) is 95.6 Å². The van der Waals surface area contributed by atoms with Crippen LogP contribution in [-0.4, -0.2) is 37.6 Å². The fraction of sp³-hybridized carbons (Fsp3) is 0.200. The van der Waals surface area contributed by atoms with E-state index in [2.05, 4.69) is 30.3 Å². The van der Waals surface area contributed by atoms with E-state index in [1.807, 2.05) is 74.5 Å². The molecule has 0 atom stereocenters. The molecule has 0 N–H and O–H groups in total. The van der Waals surface area contributed by atoms with Gasteiger partial charge in [0, 0.05) is 22.8 Å². The van der Waals surface area contributed by atoms with Crippen LogP contribution in [0.4, 0.5) is 0 Å². The average Bonchev–Trinajstić information content (AvgIpc) is 3.69. The van der Waals surface area contributed by atoms with Gasteiger partial charge in [-0.1, -0.05) is 17.3 Å². The van der Waals surface area contributed by atoms with Crippen LogP contribution >= 0.6 is 11.3 Å². The first-order chi connectivity index (χ1) is 20.9. The fourth-order valence-corrected chi connectivity index (χ4v) is 5.88. The van der Waals surface area contributed by atoms with Crippen molar-refractivity contribution in [2.45, 2.75) is 20.8 Å². The van der Waals surface area contributed by atoms with Crippen molar-refractivity contribution < 1.29 is 23.5 Å². The van der Waals surface area contributed by atoms with Crippen molar-refractivity contribution in [2.75, 3.05) is 27.4 Å². The zero-order valence-corrected chi connectivity index (χ0v) is 25.6. The molecule has 0 saturated heterocycles. The SMILES string of the molecule is COc1ccc(-c2cc(-c3cc(C)c(C)c(OC)c3)no2)cc1OCCOc1ccc(-c2nc3ccccc3s2)cc1C. The van der Waals surface area contributed by atoms with Crippen molar-refractivity contribution in [3.63, 3.8) is 0 Å². The molecule has 6 rings (SSSR count). The molecular formula is C35H32N2O5S. The van der Waals surface area contributed by atoms with E-state index in [1.165, 1.54) is 4.70 Å². The highest BCUT2D eigenvalue weighted by Gasteiger charge is 2.15. The summed E-state index contributed by atoms with van der Waals surface area (Å²) in [5.74, 6) is 3.48. The van der Waals surface area contributed by atoms with Gasteiger partial charge in [-0.05, 0) is 98.1 Å². The fourth-order valence-electron chi connectivity index (χ4n) is 4.92. The summed E-state index contributed by atoms with van der Waals surface area (Å²) in [4.78, 5) is 4.77. The van der Waals surface area contributed by atoms with Crippen molar-refractivity contribution in [1.82, 2.24) is 10.1 Å². The molecule has 0 spiro atoms. The maximum atomic E-state index is 6.09. The van der Waals surface area contributed by atoms with E-state index < -0.39 is 0 Å². The first-order valence-corrected chi connectivity index (χ1v) is 14.8. The largest absolute Gasteiger partial charge is 0.496 e. The number of benzene rings is 4. The molecule has 0 unspecified atom stereocenters. The lowest BCUT2D eigenvalue weighted by atomic mass is 10.0. The monoisotopic (exact) mass is 592 g/mol. The van der Waals surface area contributed by atoms with Crippen LogP contribution in [0.25, 0.3) is 43.4 Å². The zero-order valence-electron chi connectivity index (χ0n) is 24.8. The quantitative estimate of drug-likeness (QED) is 0.147. The molecule has 2 heterocycles. The minimum atomic E-state index is 0.336. The normalized spacial score (nSPS) is 11.1. The molecule has 0 bridgehead atoms. The zero-order chi connectivity index (χ0) is 29.9. The molecule has 6 aromatic rings. The Kier molecular flexibility index (Phi) is 8.03. The molecule has 4 aromatic carbocycles. The molecule has 218 valence electrons. The van der Waals surface area contributed by atoms with E-state index in [-0.39, 0.29) is 0 Å². The predicted octanol–water partition coefficient (Wildman–Crippen LogP) is 8.69. The van der Waals surface area contributed by atoms with Gasteiger partial charge < -0.3 is 23.5 Å². The minimum absolute atomic E-state index is 0.336. The van der Waals surface area contributed by atoms with E-state index in [0.29, 0.717) is 30.5 Å². The maximum absolute atomic E-state index is 6.09. The summed E-state index contributed by atoms with van der Waals surface area (Å²) in [6.07, 6.45) is 0. The topological polar surface area (TPSA) is 75.8 Å². The Balaban J connectivity index is 1.12. The Morgan fingerprint density at radius 2 is 1.37 bits per heavy atom. The molecular weight excluding hydrogens is 560 g/mol. The van der Waals surface area contributed by atoms with Crippen LogP contribution in [0.3, 0.4) is 0 Å². The summed E-state index contributed by atoms with van der Waals surface area (Å²) < 4.78 is 30.1. The number of methoxy groups -OCH3 is 2. The van der Waals surface area contributed by atoms with Crippen LogP contribution in [0.2, 0.25) is 0 Å². The Morgan fingerprint density at radius 1 is 0.674 bits per heavy atom. The van der Waals surface area contributed by atoms with E-state index in [1.54, 1.807) is 25.6 Å². The number of hydrogen-bond acceptors (Lipinski definition) is 8. The molecule has 43 heavy (non-hydrogen) atoms. The average molecular weight is 593 g/mol. The van der Waals surface area contributed by atoms with Gasteiger partial charge in [0.1, 0.15) is 35.4 Å². The van der Waals surface area contributed by atoms with Crippen LogP contribution < -0.4 is 18.9 Å². The number of fused-ring (bicyclic) bond motifs is 1. The number of para-hydroxylation sites is 1. The number of aromatic nitrogens is 2. The molecule has 0 saturated carbocycles. The third-order valence-electron chi connectivity index (χ3n) is 7.41. The minimum Gasteiger partial charge on any atom is -0.496 e. The molecule has 0 radical (unpaired) electrons. The summed E-state index contributed by atoms with van der Waals surface area (Å²) in [5, 5.41) is 5.31. The van der Waals surface area contributed by atoms with Gasteiger partial charge in [0.2, 0.25) is 0 Å². The second-order valence-corrected chi connectivity index (χ2v) is 11.3. The molecule has 0 aliphatic carbocycles. The number of ether oxygens (including phenoxy) is 4. The van der Waals surface area contributed by atoms with Gasteiger partial charge in [0.05, 0.1) is 24.4 Å². The number of thiazole rings is 1. The Morgan fingerprint density at radius 3 is 2.14 bits per heavy atom. The number of nitrogens with zero attached hydrogens (tertiary/aromatic N) is 2. The highest BCUT2D eigenvalue weighted by Crippen LogP contribution is 2.36. The Hall–Kier alpha value is -4.82. The highest BCUT2D eigenvalue weighted by molar-refractivity contribution is 7.21. The summed E-state index contributed by atoms with van der Waals surface area (Å²) >= 11 is 1.69. The number of hydrogen-bond donors (Lipinski definition) is 0. The lowest BCUT2D eigenvalue weighted by Crippen LogP contribution is -2.10. The molecule has 0 fully saturated rings. The third-order valence-corrected chi connectivity index (χ3v) is 8.49. The molecule has 8 heteroatoms. The summed E-state index contributed by atoms with van der Waals surface area (Å²) in [7, 11) is 3.29.